The van der Waals surface area contributed by atoms with Gasteiger partial charge in [-0.15, -0.1) is 10.2 Å². The number of hydrogen-bond donors (Lipinski definition) is 1. The van der Waals surface area contributed by atoms with Gasteiger partial charge in [-0.3, -0.25) is 4.40 Å². The molecule has 0 unspecified atom stereocenters. The molecule has 0 aliphatic carbocycles. The van der Waals surface area contributed by atoms with Crippen LogP contribution in [0.15, 0.2) is 22.8 Å². The smallest absolute Gasteiger partial charge is 0.229 e. The molecule has 2 aromatic rings. The minimum Gasteiger partial charge on any atom is -0.354 e. The van der Waals surface area contributed by atoms with Gasteiger partial charge in [-0.25, -0.2) is 0 Å². The number of nitrogens with zero attached hydrogens (tertiary/aromatic N) is 3. The Morgan fingerprint density at radius 3 is 3.08 bits per heavy atom. The third-order valence-corrected chi connectivity index (χ3v) is 2.17. The Balaban J connectivity index is 2.58. The zero-order valence-electron chi connectivity index (χ0n) is 7.16. The van der Waals surface area contributed by atoms with Gasteiger partial charge in [0.25, 0.3) is 0 Å². The Bertz CT molecular complexity index is 423. The maximum absolute atomic E-state index is 4.01. The Morgan fingerprint density at radius 1 is 1.46 bits per heavy atom. The molecule has 2 heterocycles. The van der Waals surface area contributed by atoms with Crippen LogP contribution in [0.25, 0.3) is 5.65 Å². The summed E-state index contributed by atoms with van der Waals surface area (Å²) in [7, 11) is 0. The summed E-state index contributed by atoms with van der Waals surface area (Å²) in [6.07, 6.45) is 1.94. The second-order valence-corrected chi connectivity index (χ2v) is 3.55. The first-order valence-electron chi connectivity index (χ1n) is 4.05. The lowest BCUT2D eigenvalue weighted by Crippen LogP contribution is -2.01. The zero-order valence-corrected chi connectivity index (χ0v) is 8.74. The summed E-state index contributed by atoms with van der Waals surface area (Å²) < 4.78 is 2.92. The summed E-state index contributed by atoms with van der Waals surface area (Å²) in [5, 5.41) is 11.1. The highest BCUT2D eigenvalue weighted by molar-refractivity contribution is 9.10. The molecule has 0 saturated carbocycles. The van der Waals surface area contributed by atoms with Gasteiger partial charge in [0.1, 0.15) is 0 Å². The molecule has 0 radical (unpaired) electrons. The summed E-state index contributed by atoms with van der Waals surface area (Å²) >= 11 is 3.40. The van der Waals surface area contributed by atoms with Crippen LogP contribution in [-0.4, -0.2) is 21.1 Å². The largest absolute Gasteiger partial charge is 0.354 e. The lowest BCUT2D eigenvalue weighted by Gasteiger charge is -1.99. The molecule has 2 rings (SSSR count). The molecule has 13 heavy (non-hydrogen) atoms. The molecule has 0 atom stereocenters. The van der Waals surface area contributed by atoms with Crippen molar-refractivity contribution in [2.24, 2.45) is 0 Å². The van der Waals surface area contributed by atoms with Crippen molar-refractivity contribution in [3.8, 4) is 0 Å². The number of fused-ring (bicyclic) bond motifs is 1. The molecule has 0 aliphatic rings. The van der Waals surface area contributed by atoms with E-state index >= 15 is 0 Å². The molecule has 0 aromatic carbocycles. The van der Waals surface area contributed by atoms with Crippen molar-refractivity contribution < 1.29 is 0 Å². The average molecular weight is 241 g/mol. The van der Waals surface area contributed by atoms with E-state index < -0.39 is 0 Å². The minimum atomic E-state index is 0.777. The molecule has 0 spiro atoms. The van der Waals surface area contributed by atoms with Crippen LogP contribution in [0.4, 0.5) is 5.95 Å². The van der Waals surface area contributed by atoms with Gasteiger partial charge < -0.3 is 5.32 Å². The van der Waals surface area contributed by atoms with E-state index in [1.807, 2.05) is 29.7 Å². The number of halogens is 1. The molecule has 0 bridgehead atoms. The Morgan fingerprint density at radius 2 is 2.31 bits per heavy atom. The number of pyridine rings is 1. The van der Waals surface area contributed by atoms with Gasteiger partial charge in [0.05, 0.1) is 0 Å². The third kappa shape index (κ3) is 1.51. The van der Waals surface area contributed by atoms with Gasteiger partial charge >= 0.3 is 0 Å². The van der Waals surface area contributed by atoms with Gasteiger partial charge in [0.15, 0.2) is 5.65 Å². The van der Waals surface area contributed by atoms with Crippen LogP contribution in [0.3, 0.4) is 0 Å². The van der Waals surface area contributed by atoms with Gasteiger partial charge in [-0.1, -0.05) is 0 Å². The predicted octanol–water partition coefficient (Wildman–Crippen LogP) is 1.92. The quantitative estimate of drug-likeness (QED) is 0.873. The van der Waals surface area contributed by atoms with Crippen LogP contribution in [0.5, 0.6) is 0 Å². The lowest BCUT2D eigenvalue weighted by molar-refractivity contribution is 1.05. The fourth-order valence-electron chi connectivity index (χ4n) is 1.14. The van der Waals surface area contributed by atoms with Crippen molar-refractivity contribution in [3.05, 3.63) is 22.8 Å². The van der Waals surface area contributed by atoms with Crippen molar-refractivity contribution in [1.82, 2.24) is 14.6 Å². The van der Waals surface area contributed by atoms with Gasteiger partial charge in [0.2, 0.25) is 5.95 Å². The highest BCUT2D eigenvalue weighted by atomic mass is 79.9. The van der Waals surface area contributed by atoms with Crippen LogP contribution >= 0.6 is 15.9 Å². The molecule has 68 valence electrons. The highest BCUT2D eigenvalue weighted by Crippen LogP contribution is 2.14. The van der Waals surface area contributed by atoms with Gasteiger partial charge in [-0.05, 0) is 35.0 Å². The maximum Gasteiger partial charge on any atom is 0.229 e. The molecule has 0 aliphatic heterocycles. The standard InChI is InChI=1S/C8H9BrN4/c1-2-10-8-12-11-7-4-3-6(9)5-13(7)8/h3-5H,2H2,1H3,(H,10,12). The Kier molecular flexibility index (Phi) is 2.18. The number of nitrogens with one attached hydrogen (secondary N) is 1. The van der Waals surface area contributed by atoms with E-state index in [0.29, 0.717) is 0 Å². The van der Waals surface area contributed by atoms with E-state index in [4.69, 9.17) is 0 Å². The first-order chi connectivity index (χ1) is 6.31. The van der Waals surface area contributed by atoms with E-state index in [1.165, 1.54) is 0 Å². The van der Waals surface area contributed by atoms with E-state index in [-0.39, 0.29) is 0 Å². The van der Waals surface area contributed by atoms with Crippen molar-refractivity contribution in [1.29, 1.82) is 0 Å². The van der Waals surface area contributed by atoms with Crippen molar-refractivity contribution >= 4 is 27.5 Å². The molecule has 5 heteroatoms. The second-order valence-electron chi connectivity index (χ2n) is 2.63. The first kappa shape index (κ1) is 8.50. The van der Waals surface area contributed by atoms with Crippen molar-refractivity contribution in [2.45, 2.75) is 6.92 Å². The van der Waals surface area contributed by atoms with Gasteiger partial charge in [0, 0.05) is 17.2 Å². The molecule has 0 amide bonds. The Labute approximate surface area is 84.1 Å². The number of hydrogen-bond acceptors (Lipinski definition) is 3. The number of anilines is 1. The lowest BCUT2D eigenvalue weighted by atomic mass is 10.5. The third-order valence-electron chi connectivity index (χ3n) is 1.70. The normalized spacial score (nSPS) is 10.6. The molecular weight excluding hydrogens is 232 g/mol. The Hall–Kier alpha value is -1.10. The molecule has 2 aromatic heterocycles. The molecule has 0 saturated heterocycles. The summed E-state index contributed by atoms with van der Waals surface area (Å²) in [5.74, 6) is 0.777. The summed E-state index contributed by atoms with van der Waals surface area (Å²) in [5.41, 5.74) is 0.846. The molecule has 1 N–H and O–H groups in total. The topological polar surface area (TPSA) is 42.2 Å². The van der Waals surface area contributed by atoms with Crippen LogP contribution in [0.2, 0.25) is 0 Å². The van der Waals surface area contributed by atoms with Gasteiger partial charge in [-0.2, -0.15) is 0 Å². The van der Waals surface area contributed by atoms with Crippen LogP contribution < -0.4 is 5.32 Å². The predicted molar refractivity (Wildman–Crippen MR) is 54.9 cm³/mol. The van der Waals surface area contributed by atoms with E-state index in [1.54, 1.807) is 0 Å². The fourth-order valence-corrected chi connectivity index (χ4v) is 1.48. The molecular formula is C8H9BrN4. The summed E-state index contributed by atoms with van der Waals surface area (Å²) in [6, 6.07) is 3.86. The number of aromatic nitrogens is 3. The first-order valence-corrected chi connectivity index (χ1v) is 4.84. The zero-order chi connectivity index (χ0) is 9.26. The summed E-state index contributed by atoms with van der Waals surface area (Å²) in [4.78, 5) is 0. The van der Waals surface area contributed by atoms with Crippen LogP contribution in [0.1, 0.15) is 6.92 Å². The van der Waals surface area contributed by atoms with E-state index in [9.17, 15) is 0 Å². The minimum absolute atomic E-state index is 0.777. The van der Waals surface area contributed by atoms with Crippen molar-refractivity contribution in [2.75, 3.05) is 11.9 Å². The SMILES string of the molecule is CCNc1nnc2ccc(Br)cn12. The van der Waals surface area contributed by atoms with Crippen LogP contribution in [-0.2, 0) is 0 Å². The number of rotatable bonds is 2. The molecule has 4 nitrogen and oxygen atoms in total. The summed E-state index contributed by atoms with van der Waals surface area (Å²) in [6.45, 7) is 2.87. The highest BCUT2D eigenvalue weighted by Gasteiger charge is 2.02. The average Bonchev–Trinajstić information content (AvgIpc) is 2.49. The monoisotopic (exact) mass is 240 g/mol. The van der Waals surface area contributed by atoms with E-state index in [2.05, 4.69) is 31.4 Å². The van der Waals surface area contributed by atoms with Crippen molar-refractivity contribution in [3.63, 3.8) is 0 Å². The molecule has 0 fully saturated rings. The van der Waals surface area contributed by atoms with E-state index in [0.717, 1.165) is 22.6 Å². The second kappa shape index (κ2) is 3.33. The van der Waals surface area contributed by atoms with Crippen LogP contribution in [0, 0.1) is 0 Å². The maximum atomic E-state index is 4.01. The fraction of sp³-hybridized carbons (Fsp3) is 0.250.